The average Bonchev–Trinajstić information content (AvgIpc) is 2.91. The van der Waals surface area contributed by atoms with Gasteiger partial charge in [0.2, 0.25) is 0 Å². The molecule has 1 aliphatic rings. The van der Waals surface area contributed by atoms with Crippen molar-refractivity contribution in [2.45, 2.75) is 51.2 Å². The molecule has 0 amide bonds. The minimum absolute atomic E-state index is 0.509. The van der Waals surface area contributed by atoms with Gasteiger partial charge in [0.05, 0.1) is 5.56 Å². The molecule has 0 bridgehead atoms. The molecule has 1 aromatic rings. The molecule has 112 valence electrons. The Balaban J connectivity index is 1.68. The molecular formula is C16H22F3N. The fraction of sp³-hybridized carbons (Fsp3) is 0.625. The fourth-order valence-corrected chi connectivity index (χ4v) is 2.91. The topological polar surface area (TPSA) is 12.0 Å². The Kier molecular flexibility index (Phi) is 5.46. The first-order chi connectivity index (χ1) is 9.55. The molecule has 0 unspecified atom stereocenters. The molecule has 20 heavy (non-hydrogen) atoms. The summed E-state index contributed by atoms with van der Waals surface area (Å²) in [6, 6.07) is 5.55. The second-order valence-corrected chi connectivity index (χ2v) is 5.67. The van der Waals surface area contributed by atoms with Gasteiger partial charge in [0.1, 0.15) is 0 Å². The van der Waals surface area contributed by atoms with Crippen molar-refractivity contribution in [3.8, 4) is 0 Å². The van der Waals surface area contributed by atoms with Gasteiger partial charge in [-0.1, -0.05) is 43.9 Å². The van der Waals surface area contributed by atoms with Gasteiger partial charge in [-0.25, -0.2) is 0 Å². The Labute approximate surface area is 118 Å². The standard InChI is InChI=1S/C16H22F3N/c17-16(18,19)15-9-3-7-14(11-15)12-20-10-4-8-13-5-1-2-6-13/h3,7,9,11,13,20H,1-2,4-6,8,10,12H2. The molecule has 0 atom stereocenters. The second kappa shape index (κ2) is 7.11. The Hall–Kier alpha value is -1.03. The summed E-state index contributed by atoms with van der Waals surface area (Å²) in [5.74, 6) is 0.880. The van der Waals surface area contributed by atoms with Gasteiger partial charge in [-0.2, -0.15) is 13.2 Å². The van der Waals surface area contributed by atoms with Gasteiger partial charge >= 0.3 is 6.18 Å². The van der Waals surface area contributed by atoms with Gasteiger partial charge in [0.15, 0.2) is 0 Å². The van der Waals surface area contributed by atoms with Gasteiger partial charge in [0, 0.05) is 6.54 Å². The Morgan fingerprint density at radius 2 is 1.90 bits per heavy atom. The predicted octanol–water partition coefficient (Wildman–Crippen LogP) is 4.77. The third kappa shape index (κ3) is 4.82. The van der Waals surface area contributed by atoms with Crippen LogP contribution in [-0.2, 0) is 12.7 Å². The first kappa shape index (κ1) is 15.4. The lowest BCUT2D eigenvalue weighted by Gasteiger charge is -2.11. The van der Waals surface area contributed by atoms with Crippen molar-refractivity contribution < 1.29 is 13.2 Å². The van der Waals surface area contributed by atoms with Gasteiger partial charge in [-0.15, -0.1) is 0 Å². The molecule has 1 aliphatic carbocycles. The SMILES string of the molecule is FC(F)(F)c1cccc(CNCCCC2CCCC2)c1. The van der Waals surface area contributed by atoms with Crippen LogP contribution < -0.4 is 5.32 Å². The summed E-state index contributed by atoms with van der Waals surface area (Å²) in [5.41, 5.74) is 0.128. The number of hydrogen-bond acceptors (Lipinski definition) is 1. The van der Waals surface area contributed by atoms with E-state index < -0.39 is 11.7 Å². The molecular weight excluding hydrogens is 263 g/mol. The van der Waals surface area contributed by atoms with E-state index in [1.807, 2.05) is 0 Å². The first-order valence-corrected chi connectivity index (χ1v) is 7.42. The highest BCUT2D eigenvalue weighted by molar-refractivity contribution is 5.25. The molecule has 0 spiro atoms. The molecule has 2 rings (SSSR count). The predicted molar refractivity (Wildman–Crippen MR) is 74.3 cm³/mol. The summed E-state index contributed by atoms with van der Waals surface area (Å²) in [5, 5.41) is 3.24. The van der Waals surface area contributed by atoms with Crippen LogP contribution in [0.2, 0.25) is 0 Å². The number of hydrogen-bond donors (Lipinski definition) is 1. The van der Waals surface area contributed by atoms with Crippen LogP contribution in [0.4, 0.5) is 13.2 Å². The third-order valence-electron chi connectivity index (χ3n) is 4.02. The molecule has 1 N–H and O–H groups in total. The fourth-order valence-electron chi connectivity index (χ4n) is 2.91. The van der Waals surface area contributed by atoms with Crippen LogP contribution in [0.5, 0.6) is 0 Å². The van der Waals surface area contributed by atoms with E-state index in [0.29, 0.717) is 12.1 Å². The first-order valence-electron chi connectivity index (χ1n) is 7.42. The van der Waals surface area contributed by atoms with E-state index in [9.17, 15) is 13.2 Å². The molecule has 0 aromatic heterocycles. The molecule has 0 radical (unpaired) electrons. The van der Waals surface area contributed by atoms with Crippen LogP contribution in [0.3, 0.4) is 0 Å². The highest BCUT2D eigenvalue weighted by Crippen LogP contribution is 2.30. The van der Waals surface area contributed by atoms with Crippen LogP contribution in [0.1, 0.15) is 49.7 Å². The van der Waals surface area contributed by atoms with Crippen LogP contribution >= 0.6 is 0 Å². The van der Waals surface area contributed by atoms with Crippen molar-refractivity contribution >= 4 is 0 Å². The summed E-state index contributed by atoms with van der Waals surface area (Å²) >= 11 is 0. The maximum atomic E-state index is 12.6. The second-order valence-electron chi connectivity index (χ2n) is 5.67. The number of nitrogens with one attached hydrogen (secondary N) is 1. The lowest BCUT2D eigenvalue weighted by atomic mass is 10.0. The third-order valence-corrected chi connectivity index (χ3v) is 4.02. The van der Waals surface area contributed by atoms with Crippen molar-refractivity contribution in [3.05, 3.63) is 35.4 Å². The smallest absolute Gasteiger partial charge is 0.313 e. The molecule has 1 saturated carbocycles. The molecule has 1 fully saturated rings. The molecule has 0 aliphatic heterocycles. The Morgan fingerprint density at radius 1 is 1.15 bits per heavy atom. The Morgan fingerprint density at radius 3 is 2.60 bits per heavy atom. The van der Waals surface area contributed by atoms with Crippen LogP contribution in [0.25, 0.3) is 0 Å². The zero-order valence-corrected chi connectivity index (χ0v) is 11.7. The van der Waals surface area contributed by atoms with E-state index in [1.54, 1.807) is 6.07 Å². The molecule has 1 nitrogen and oxygen atoms in total. The molecule has 4 heteroatoms. The van der Waals surface area contributed by atoms with Crippen LogP contribution in [-0.4, -0.2) is 6.54 Å². The van der Waals surface area contributed by atoms with Crippen LogP contribution in [0.15, 0.2) is 24.3 Å². The van der Waals surface area contributed by atoms with E-state index in [0.717, 1.165) is 24.9 Å². The van der Waals surface area contributed by atoms with Gasteiger partial charge in [-0.3, -0.25) is 0 Å². The van der Waals surface area contributed by atoms with Gasteiger partial charge < -0.3 is 5.32 Å². The maximum absolute atomic E-state index is 12.6. The summed E-state index contributed by atoms with van der Waals surface area (Å²) in [4.78, 5) is 0. The van der Waals surface area contributed by atoms with Crippen molar-refractivity contribution in [3.63, 3.8) is 0 Å². The molecule has 1 aromatic carbocycles. The van der Waals surface area contributed by atoms with E-state index in [1.165, 1.54) is 44.2 Å². The number of alkyl halides is 3. The molecule has 0 saturated heterocycles. The number of halogens is 3. The van der Waals surface area contributed by atoms with Crippen molar-refractivity contribution in [1.29, 1.82) is 0 Å². The zero-order chi connectivity index (χ0) is 14.4. The van der Waals surface area contributed by atoms with Gasteiger partial charge in [-0.05, 0) is 36.9 Å². The quantitative estimate of drug-likeness (QED) is 0.743. The summed E-state index contributed by atoms with van der Waals surface area (Å²) < 4.78 is 37.7. The van der Waals surface area contributed by atoms with Crippen molar-refractivity contribution in [1.82, 2.24) is 5.32 Å². The van der Waals surface area contributed by atoms with Crippen LogP contribution in [0, 0.1) is 5.92 Å². The molecule has 0 heterocycles. The summed E-state index contributed by atoms with van der Waals surface area (Å²) in [6.07, 6.45) is 3.55. The minimum Gasteiger partial charge on any atom is -0.313 e. The normalized spacial score (nSPS) is 16.8. The summed E-state index contributed by atoms with van der Waals surface area (Å²) in [6.45, 7) is 1.39. The van der Waals surface area contributed by atoms with E-state index in [-0.39, 0.29) is 0 Å². The van der Waals surface area contributed by atoms with E-state index in [4.69, 9.17) is 0 Å². The summed E-state index contributed by atoms with van der Waals surface area (Å²) in [7, 11) is 0. The number of rotatable bonds is 6. The zero-order valence-electron chi connectivity index (χ0n) is 11.7. The Bertz CT molecular complexity index is 408. The lowest BCUT2D eigenvalue weighted by Crippen LogP contribution is -2.16. The highest BCUT2D eigenvalue weighted by atomic mass is 19.4. The number of benzene rings is 1. The van der Waals surface area contributed by atoms with Crippen molar-refractivity contribution in [2.75, 3.05) is 6.54 Å². The van der Waals surface area contributed by atoms with E-state index in [2.05, 4.69) is 5.32 Å². The monoisotopic (exact) mass is 285 g/mol. The van der Waals surface area contributed by atoms with E-state index >= 15 is 0 Å². The average molecular weight is 285 g/mol. The largest absolute Gasteiger partial charge is 0.416 e. The lowest BCUT2D eigenvalue weighted by molar-refractivity contribution is -0.137. The minimum atomic E-state index is -4.25. The van der Waals surface area contributed by atoms with Crippen molar-refractivity contribution in [2.24, 2.45) is 5.92 Å². The van der Waals surface area contributed by atoms with Gasteiger partial charge in [0.25, 0.3) is 0 Å². The highest BCUT2D eigenvalue weighted by Gasteiger charge is 2.30. The maximum Gasteiger partial charge on any atom is 0.416 e.